The van der Waals surface area contributed by atoms with Gasteiger partial charge in [-0.15, -0.1) is 0 Å². The van der Waals surface area contributed by atoms with E-state index >= 15 is 0 Å². The van der Waals surface area contributed by atoms with Gasteiger partial charge in [-0.2, -0.15) is 0 Å². The molecule has 0 spiro atoms. The monoisotopic (exact) mass is 480 g/mol. The molecule has 3 rings (SSSR count). The summed E-state index contributed by atoms with van der Waals surface area (Å²) < 4.78 is 10.6. The van der Waals surface area contributed by atoms with Crippen LogP contribution in [0.25, 0.3) is 0 Å². The third-order valence-electron chi connectivity index (χ3n) is 5.43. The molecule has 35 heavy (non-hydrogen) atoms. The number of ether oxygens (including phenoxy) is 2. The Kier molecular flexibility index (Phi) is 9.83. The number of benzene rings is 2. The van der Waals surface area contributed by atoms with Crippen molar-refractivity contribution in [2.45, 2.75) is 57.9 Å². The third-order valence-corrected chi connectivity index (χ3v) is 5.43. The van der Waals surface area contributed by atoms with Crippen LogP contribution in [0.2, 0.25) is 0 Å². The first kappa shape index (κ1) is 25.9. The minimum Gasteiger partial charge on any atom is -0.494 e. The molecule has 0 saturated heterocycles. The summed E-state index contributed by atoms with van der Waals surface area (Å²) in [5.74, 6) is -0.836. The van der Waals surface area contributed by atoms with Crippen molar-refractivity contribution >= 4 is 29.3 Å². The number of hydrogen-bond acceptors (Lipinski definition) is 6. The Morgan fingerprint density at radius 1 is 0.943 bits per heavy atom. The van der Waals surface area contributed by atoms with E-state index in [-0.39, 0.29) is 30.6 Å². The lowest BCUT2D eigenvalue weighted by Gasteiger charge is -2.09. The lowest BCUT2D eigenvalue weighted by molar-refractivity contribution is -0.147. The van der Waals surface area contributed by atoms with Gasteiger partial charge in [0.25, 0.3) is 11.8 Å². The summed E-state index contributed by atoms with van der Waals surface area (Å²) in [6, 6.07) is 13.6. The molecule has 0 heterocycles. The molecule has 0 radical (unpaired) electrons. The van der Waals surface area contributed by atoms with Crippen molar-refractivity contribution in [1.82, 2.24) is 5.32 Å². The van der Waals surface area contributed by atoms with Crippen LogP contribution < -0.4 is 15.4 Å². The van der Waals surface area contributed by atoms with Crippen LogP contribution in [-0.2, 0) is 14.3 Å². The Bertz CT molecular complexity index is 1030. The first-order valence-corrected chi connectivity index (χ1v) is 12.1. The highest BCUT2D eigenvalue weighted by molar-refractivity contribution is 5.99. The van der Waals surface area contributed by atoms with Crippen LogP contribution in [-0.4, -0.2) is 42.8 Å². The van der Waals surface area contributed by atoms with E-state index in [0.29, 0.717) is 29.2 Å². The first-order valence-electron chi connectivity index (χ1n) is 12.1. The number of rotatable bonds is 14. The van der Waals surface area contributed by atoms with Crippen molar-refractivity contribution in [2.24, 2.45) is 0 Å². The number of ketones is 1. The average Bonchev–Trinajstić information content (AvgIpc) is 3.68. The molecular formula is C27H32N2O6. The first-order chi connectivity index (χ1) is 16.9. The SMILES string of the molecule is CCCCCOc1ccc(C(=O)CCC(=O)OCC(=O)Nc2cccc(C(=O)NC3CC3)c2)cc1. The van der Waals surface area contributed by atoms with E-state index in [4.69, 9.17) is 9.47 Å². The van der Waals surface area contributed by atoms with Crippen molar-refractivity contribution in [3.63, 3.8) is 0 Å². The predicted octanol–water partition coefficient (Wildman–Crippen LogP) is 4.29. The molecule has 2 aromatic rings. The summed E-state index contributed by atoms with van der Waals surface area (Å²) in [6.45, 7) is 2.29. The molecule has 1 aliphatic rings. The second-order valence-corrected chi connectivity index (χ2v) is 8.54. The molecule has 1 aliphatic carbocycles. The number of nitrogens with one attached hydrogen (secondary N) is 2. The Morgan fingerprint density at radius 3 is 2.43 bits per heavy atom. The highest BCUT2D eigenvalue weighted by Gasteiger charge is 2.23. The Labute approximate surface area is 205 Å². The van der Waals surface area contributed by atoms with Crippen LogP contribution in [0.5, 0.6) is 5.75 Å². The van der Waals surface area contributed by atoms with Gasteiger partial charge in [0.15, 0.2) is 12.4 Å². The number of carbonyl (C=O) groups is 4. The van der Waals surface area contributed by atoms with Gasteiger partial charge >= 0.3 is 5.97 Å². The second-order valence-electron chi connectivity index (χ2n) is 8.54. The van der Waals surface area contributed by atoms with Crippen LogP contribution >= 0.6 is 0 Å². The molecule has 8 heteroatoms. The zero-order valence-corrected chi connectivity index (χ0v) is 20.0. The zero-order chi connectivity index (χ0) is 25.0. The summed E-state index contributed by atoms with van der Waals surface area (Å²) in [4.78, 5) is 48.6. The molecule has 0 aliphatic heterocycles. The van der Waals surface area contributed by atoms with Crippen molar-refractivity contribution in [2.75, 3.05) is 18.5 Å². The number of anilines is 1. The van der Waals surface area contributed by atoms with Gasteiger partial charge < -0.3 is 20.1 Å². The summed E-state index contributed by atoms with van der Waals surface area (Å²) in [6.07, 6.45) is 5.05. The number of Topliss-reactive ketones (excluding diaryl/α,β-unsaturated/α-hetero) is 1. The van der Waals surface area contributed by atoms with Gasteiger partial charge in [0.1, 0.15) is 5.75 Å². The second kappa shape index (κ2) is 13.3. The molecule has 2 amide bonds. The van der Waals surface area contributed by atoms with Crippen molar-refractivity contribution in [3.05, 3.63) is 59.7 Å². The lowest BCUT2D eigenvalue weighted by atomic mass is 10.1. The molecule has 0 bridgehead atoms. The summed E-state index contributed by atoms with van der Waals surface area (Å²) in [5, 5.41) is 5.49. The quantitative estimate of drug-likeness (QED) is 0.237. The highest BCUT2D eigenvalue weighted by atomic mass is 16.5. The fraction of sp³-hybridized carbons (Fsp3) is 0.407. The fourth-order valence-corrected chi connectivity index (χ4v) is 3.29. The number of carbonyl (C=O) groups excluding carboxylic acids is 4. The maximum absolute atomic E-state index is 12.3. The summed E-state index contributed by atoms with van der Waals surface area (Å²) >= 11 is 0. The number of hydrogen-bond donors (Lipinski definition) is 2. The molecule has 1 fully saturated rings. The molecule has 186 valence electrons. The van der Waals surface area contributed by atoms with Crippen LogP contribution in [0.1, 0.15) is 72.6 Å². The van der Waals surface area contributed by atoms with Gasteiger partial charge in [-0.05, 0) is 61.7 Å². The maximum atomic E-state index is 12.3. The van der Waals surface area contributed by atoms with Crippen LogP contribution in [0.4, 0.5) is 5.69 Å². The normalized spacial score (nSPS) is 12.5. The van der Waals surface area contributed by atoms with Crippen molar-refractivity contribution in [1.29, 1.82) is 0 Å². The fourth-order valence-electron chi connectivity index (χ4n) is 3.29. The van der Waals surface area contributed by atoms with E-state index in [0.717, 1.165) is 32.1 Å². The Balaban J connectivity index is 1.35. The maximum Gasteiger partial charge on any atom is 0.306 e. The van der Waals surface area contributed by atoms with Gasteiger partial charge in [-0.3, -0.25) is 19.2 Å². The molecule has 0 atom stereocenters. The average molecular weight is 481 g/mol. The van der Waals surface area contributed by atoms with E-state index in [1.54, 1.807) is 48.5 Å². The standard InChI is InChI=1S/C27H32N2O6/c1-2-3-4-16-34-23-12-8-19(9-13-23)24(30)14-15-26(32)35-18-25(31)28-22-7-5-6-20(17-22)27(33)29-21-10-11-21/h5-9,12-13,17,21H,2-4,10-11,14-16,18H2,1H3,(H,28,31)(H,29,33). The molecule has 0 unspecified atom stereocenters. The van der Waals surface area contributed by atoms with Gasteiger partial charge in [0.05, 0.1) is 13.0 Å². The van der Waals surface area contributed by atoms with Crippen LogP contribution in [0, 0.1) is 0 Å². The number of esters is 1. The van der Waals surface area contributed by atoms with Gasteiger partial charge in [0.2, 0.25) is 0 Å². The lowest BCUT2D eigenvalue weighted by Crippen LogP contribution is -2.25. The molecule has 2 aromatic carbocycles. The van der Waals surface area contributed by atoms with Crippen molar-refractivity contribution < 1.29 is 28.7 Å². The predicted molar refractivity (Wildman–Crippen MR) is 132 cm³/mol. The summed E-state index contributed by atoms with van der Waals surface area (Å²) in [5.41, 5.74) is 1.37. The van der Waals surface area contributed by atoms with E-state index < -0.39 is 18.5 Å². The Hall–Kier alpha value is -3.68. The smallest absolute Gasteiger partial charge is 0.306 e. The van der Waals surface area contributed by atoms with Gasteiger partial charge in [-0.1, -0.05) is 25.8 Å². The Morgan fingerprint density at radius 2 is 1.71 bits per heavy atom. The van der Waals surface area contributed by atoms with E-state index in [1.807, 2.05) is 0 Å². The minimum absolute atomic E-state index is 0.0185. The minimum atomic E-state index is -0.637. The molecule has 1 saturated carbocycles. The van der Waals surface area contributed by atoms with E-state index in [1.165, 1.54) is 0 Å². The molecular weight excluding hydrogens is 448 g/mol. The van der Waals surface area contributed by atoms with Crippen LogP contribution in [0.3, 0.4) is 0 Å². The number of amides is 2. The van der Waals surface area contributed by atoms with Crippen LogP contribution in [0.15, 0.2) is 48.5 Å². The third kappa shape index (κ3) is 9.23. The largest absolute Gasteiger partial charge is 0.494 e. The topological polar surface area (TPSA) is 111 Å². The van der Waals surface area contributed by atoms with Gasteiger partial charge in [-0.25, -0.2) is 0 Å². The van der Waals surface area contributed by atoms with Gasteiger partial charge in [0, 0.05) is 29.3 Å². The van der Waals surface area contributed by atoms with E-state index in [9.17, 15) is 19.2 Å². The summed E-state index contributed by atoms with van der Waals surface area (Å²) in [7, 11) is 0. The molecule has 8 nitrogen and oxygen atoms in total. The van der Waals surface area contributed by atoms with E-state index in [2.05, 4.69) is 17.6 Å². The highest BCUT2D eigenvalue weighted by Crippen LogP contribution is 2.20. The van der Waals surface area contributed by atoms with Crippen molar-refractivity contribution in [3.8, 4) is 5.75 Å². The molecule has 2 N–H and O–H groups in total. The number of unbranched alkanes of at least 4 members (excludes halogenated alkanes) is 2. The molecule has 0 aromatic heterocycles. The zero-order valence-electron chi connectivity index (χ0n) is 20.0.